The standard InChI is InChI=1S/C7H12O2.Mg/c8-7(9)6-4-2-1-3-5-6;/h6H,1-5H2,(H,8,9);. The fraction of sp³-hybridized carbons (Fsp3) is 0.857. The van der Waals surface area contributed by atoms with Crippen molar-refractivity contribution in [2.24, 2.45) is 5.92 Å². The molecule has 2 nitrogen and oxygen atoms in total. The summed E-state index contributed by atoms with van der Waals surface area (Å²) >= 11 is 0. The predicted octanol–water partition coefficient (Wildman–Crippen LogP) is 1.27. The largest absolute Gasteiger partial charge is 0.481 e. The van der Waals surface area contributed by atoms with Crippen LogP contribution in [0.4, 0.5) is 0 Å². The Kier molecular flexibility index (Phi) is 5.08. The molecular weight excluding hydrogens is 140 g/mol. The zero-order chi connectivity index (χ0) is 6.69. The van der Waals surface area contributed by atoms with E-state index in [1.807, 2.05) is 0 Å². The minimum absolute atomic E-state index is 0. The molecule has 0 aromatic carbocycles. The molecule has 0 saturated heterocycles. The maximum absolute atomic E-state index is 10.4. The van der Waals surface area contributed by atoms with Gasteiger partial charge in [-0.25, -0.2) is 0 Å². The number of carbonyl (C=O) groups is 1. The van der Waals surface area contributed by atoms with E-state index in [0.717, 1.165) is 25.7 Å². The zero-order valence-electron chi connectivity index (χ0n) is 6.18. The van der Waals surface area contributed by atoms with Crippen molar-refractivity contribution in [2.75, 3.05) is 0 Å². The van der Waals surface area contributed by atoms with E-state index in [1.54, 1.807) is 0 Å². The second-order valence-corrected chi connectivity index (χ2v) is 2.67. The van der Waals surface area contributed by atoms with Gasteiger partial charge in [0.2, 0.25) is 0 Å². The first-order valence-corrected chi connectivity index (χ1v) is 3.53. The Morgan fingerprint density at radius 2 is 1.70 bits per heavy atom. The van der Waals surface area contributed by atoms with E-state index in [-0.39, 0.29) is 29.0 Å². The molecule has 54 valence electrons. The van der Waals surface area contributed by atoms with E-state index in [4.69, 9.17) is 5.11 Å². The van der Waals surface area contributed by atoms with Gasteiger partial charge in [0.1, 0.15) is 0 Å². The molecule has 0 aromatic heterocycles. The molecule has 1 N–H and O–H groups in total. The second kappa shape index (κ2) is 4.96. The number of aliphatic carboxylic acids is 1. The van der Waals surface area contributed by atoms with Gasteiger partial charge in [0, 0.05) is 23.1 Å². The number of carboxylic acid groups (broad SMARTS) is 1. The summed E-state index contributed by atoms with van der Waals surface area (Å²) in [6.07, 6.45) is 5.24. The molecule has 0 aliphatic heterocycles. The predicted molar refractivity (Wildman–Crippen MR) is 40.0 cm³/mol. The van der Waals surface area contributed by atoms with E-state index in [0.29, 0.717) is 0 Å². The van der Waals surface area contributed by atoms with Crippen LogP contribution in [0.5, 0.6) is 0 Å². The first-order valence-electron chi connectivity index (χ1n) is 3.53. The molecule has 0 unspecified atom stereocenters. The molecule has 1 fully saturated rings. The van der Waals surface area contributed by atoms with E-state index in [2.05, 4.69) is 0 Å². The lowest BCUT2D eigenvalue weighted by atomic mass is 9.90. The fourth-order valence-corrected chi connectivity index (χ4v) is 1.35. The van der Waals surface area contributed by atoms with Crippen molar-refractivity contribution in [3.63, 3.8) is 0 Å². The lowest BCUT2D eigenvalue weighted by Crippen LogP contribution is -2.16. The minimum Gasteiger partial charge on any atom is -0.481 e. The molecule has 3 heteroatoms. The fourth-order valence-electron chi connectivity index (χ4n) is 1.35. The summed E-state index contributed by atoms with van der Waals surface area (Å²) in [6.45, 7) is 0. The Bertz CT molecular complexity index is 108. The third kappa shape index (κ3) is 2.88. The molecular formula is C7H12MgO2. The first kappa shape index (κ1) is 10.2. The van der Waals surface area contributed by atoms with Gasteiger partial charge in [-0.3, -0.25) is 4.79 Å². The van der Waals surface area contributed by atoms with E-state index >= 15 is 0 Å². The number of hydrogen-bond acceptors (Lipinski definition) is 1. The van der Waals surface area contributed by atoms with Gasteiger partial charge in [-0.15, -0.1) is 0 Å². The maximum Gasteiger partial charge on any atom is 0.306 e. The van der Waals surface area contributed by atoms with Gasteiger partial charge in [0.25, 0.3) is 0 Å². The van der Waals surface area contributed by atoms with E-state index in [9.17, 15) is 4.79 Å². The normalized spacial score (nSPS) is 19.6. The summed E-state index contributed by atoms with van der Waals surface area (Å²) in [5.74, 6) is -0.631. The SMILES string of the molecule is O=C(O)C1CCCCC1.[Mg]. The van der Waals surface area contributed by atoms with Crippen LogP contribution in [0.15, 0.2) is 0 Å². The number of carboxylic acids is 1. The quantitative estimate of drug-likeness (QED) is 0.575. The molecule has 0 atom stereocenters. The Labute approximate surface area is 77.1 Å². The monoisotopic (exact) mass is 152 g/mol. The summed E-state index contributed by atoms with van der Waals surface area (Å²) in [6, 6.07) is 0. The van der Waals surface area contributed by atoms with Crippen LogP contribution < -0.4 is 0 Å². The van der Waals surface area contributed by atoms with Crippen LogP contribution in [-0.2, 0) is 4.79 Å². The van der Waals surface area contributed by atoms with Crippen LogP contribution in [0.25, 0.3) is 0 Å². The van der Waals surface area contributed by atoms with Crippen LogP contribution in [0, 0.1) is 5.92 Å². The van der Waals surface area contributed by atoms with Crippen LogP contribution in [0.2, 0.25) is 0 Å². The van der Waals surface area contributed by atoms with Crippen molar-refractivity contribution >= 4 is 29.0 Å². The molecule has 1 saturated carbocycles. The molecule has 0 heterocycles. The van der Waals surface area contributed by atoms with E-state index < -0.39 is 5.97 Å². The first-order chi connectivity index (χ1) is 4.30. The van der Waals surface area contributed by atoms with Gasteiger partial charge in [0.05, 0.1) is 5.92 Å². The molecule has 1 aliphatic carbocycles. The van der Waals surface area contributed by atoms with Gasteiger partial charge >= 0.3 is 5.97 Å². The van der Waals surface area contributed by atoms with Gasteiger partial charge < -0.3 is 5.11 Å². The van der Waals surface area contributed by atoms with Crippen molar-refractivity contribution in [1.29, 1.82) is 0 Å². The summed E-state index contributed by atoms with van der Waals surface area (Å²) in [5.41, 5.74) is 0. The van der Waals surface area contributed by atoms with Crippen LogP contribution in [0.3, 0.4) is 0 Å². The Balaban J connectivity index is 0.000000810. The molecule has 1 aliphatic rings. The molecule has 0 aromatic rings. The van der Waals surface area contributed by atoms with Gasteiger partial charge in [0.15, 0.2) is 0 Å². The Morgan fingerprint density at radius 1 is 1.20 bits per heavy atom. The van der Waals surface area contributed by atoms with Crippen molar-refractivity contribution in [3.8, 4) is 0 Å². The average molecular weight is 152 g/mol. The summed E-state index contributed by atoms with van der Waals surface area (Å²) in [4.78, 5) is 10.4. The van der Waals surface area contributed by atoms with E-state index in [1.165, 1.54) is 6.42 Å². The topological polar surface area (TPSA) is 37.3 Å². The lowest BCUT2D eigenvalue weighted by Gasteiger charge is -2.16. The highest BCUT2D eigenvalue weighted by Crippen LogP contribution is 2.23. The zero-order valence-corrected chi connectivity index (χ0v) is 7.59. The number of hydrogen-bond donors (Lipinski definition) is 1. The molecule has 10 heavy (non-hydrogen) atoms. The smallest absolute Gasteiger partial charge is 0.306 e. The summed E-state index contributed by atoms with van der Waals surface area (Å²) in [5, 5.41) is 8.54. The molecule has 0 bridgehead atoms. The average Bonchev–Trinajstić information content (AvgIpc) is 1.90. The Morgan fingerprint density at radius 3 is 2.00 bits per heavy atom. The Hall–Kier alpha value is 0.236. The van der Waals surface area contributed by atoms with Gasteiger partial charge in [-0.2, -0.15) is 0 Å². The summed E-state index contributed by atoms with van der Waals surface area (Å²) in [7, 11) is 0. The molecule has 1 rings (SSSR count). The van der Waals surface area contributed by atoms with Crippen LogP contribution >= 0.6 is 0 Å². The highest BCUT2D eigenvalue weighted by molar-refractivity contribution is 5.75. The highest BCUT2D eigenvalue weighted by atomic mass is 24.3. The third-order valence-corrected chi connectivity index (χ3v) is 1.95. The minimum atomic E-state index is -0.602. The molecule has 0 amide bonds. The van der Waals surface area contributed by atoms with Gasteiger partial charge in [-0.1, -0.05) is 19.3 Å². The lowest BCUT2D eigenvalue weighted by molar-refractivity contribution is -0.142. The maximum atomic E-state index is 10.4. The third-order valence-electron chi connectivity index (χ3n) is 1.95. The van der Waals surface area contributed by atoms with Crippen molar-refractivity contribution in [2.45, 2.75) is 32.1 Å². The molecule has 0 spiro atoms. The second-order valence-electron chi connectivity index (χ2n) is 2.67. The van der Waals surface area contributed by atoms with Crippen LogP contribution in [-0.4, -0.2) is 34.1 Å². The number of rotatable bonds is 1. The summed E-state index contributed by atoms with van der Waals surface area (Å²) < 4.78 is 0. The van der Waals surface area contributed by atoms with Crippen LogP contribution in [0.1, 0.15) is 32.1 Å². The van der Waals surface area contributed by atoms with Crippen molar-refractivity contribution < 1.29 is 9.90 Å². The van der Waals surface area contributed by atoms with Crippen molar-refractivity contribution in [1.82, 2.24) is 0 Å². The van der Waals surface area contributed by atoms with Gasteiger partial charge in [-0.05, 0) is 12.8 Å². The highest BCUT2D eigenvalue weighted by Gasteiger charge is 2.19. The molecule has 2 radical (unpaired) electrons. The van der Waals surface area contributed by atoms with Crippen molar-refractivity contribution in [3.05, 3.63) is 0 Å².